The van der Waals surface area contributed by atoms with Gasteiger partial charge in [0, 0.05) is 13.1 Å². The zero-order valence-corrected chi connectivity index (χ0v) is 20.2. The average Bonchev–Trinajstić information content (AvgIpc) is 2.76. The molecule has 2 amide bonds. The monoisotopic (exact) mass is 496 g/mol. The number of ether oxygens (including phenoxy) is 2. The molecule has 0 aliphatic carbocycles. The van der Waals surface area contributed by atoms with Gasteiger partial charge in [0.2, 0.25) is 5.91 Å². The summed E-state index contributed by atoms with van der Waals surface area (Å²) in [5.41, 5.74) is 1.19. The molecule has 2 unspecified atom stereocenters. The highest BCUT2D eigenvalue weighted by molar-refractivity contribution is 9.10. The van der Waals surface area contributed by atoms with Gasteiger partial charge in [-0.1, -0.05) is 39.7 Å². The van der Waals surface area contributed by atoms with E-state index in [-0.39, 0.29) is 24.8 Å². The fourth-order valence-electron chi connectivity index (χ4n) is 3.37. The number of carbonyl (C=O) groups excluding carboxylic acids is 3. The van der Waals surface area contributed by atoms with Crippen molar-refractivity contribution in [3.05, 3.63) is 28.2 Å². The molecule has 1 saturated heterocycles. The molecule has 2 atom stereocenters. The van der Waals surface area contributed by atoms with Crippen molar-refractivity contribution in [2.24, 2.45) is 0 Å². The van der Waals surface area contributed by atoms with Crippen LogP contribution in [0.25, 0.3) is 0 Å². The van der Waals surface area contributed by atoms with Gasteiger partial charge in [-0.25, -0.2) is 0 Å². The van der Waals surface area contributed by atoms with Crippen LogP contribution in [0.15, 0.2) is 22.7 Å². The van der Waals surface area contributed by atoms with Gasteiger partial charge in [0.15, 0.2) is 6.61 Å². The Kier molecular flexibility index (Phi) is 10.3. The predicted octanol–water partition coefficient (Wildman–Crippen LogP) is 3.79. The van der Waals surface area contributed by atoms with E-state index in [9.17, 15) is 14.4 Å². The number of benzene rings is 1. The SMILES string of the molecule is CCCCCOC(=O)CC1C(=O)NCCN1C(=O)COc1ccc(C(C)CC)cc1Br. The average molecular weight is 497 g/mol. The summed E-state index contributed by atoms with van der Waals surface area (Å²) in [5.74, 6) is -0.156. The van der Waals surface area contributed by atoms with Crippen molar-refractivity contribution in [3.63, 3.8) is 0 Å². The van der Waals surface area contributed by atoms with Gasteiger partial charge in [-0.3, -0.25) is 14.4 Å². The third-order valence-corrected chi connectivity index (χ3v) is 6.13. The molecule has 0 aromatic heterocycles. The summed E-state index contributed by atoms with van der Waals surface area (Å²) in [5, 5.41) is 2.71. The molecular weight excluding hydrogens is 464 g/mol. The van der Waals surface area contributed by atoms with Crippen LogP contribution in [0.2, 0.25) is 0 Å². The van der Waals surface area contributed by atoms with Crippen LogP contribution in [0.3, 0.4) is 0 Å². The second kappa shape index (κ2) is 12.7. The highest BCUT2D eigenvalue weighted by atomic mass is 79.9. The van der Waals surface area contributed by atoms with Crippen LogP contribution in [0.5, 0.6) is 5.75 Å². The summed E-state index contributed by atoms with van der Waals surface area (Å²) in [6, 6.07) is 4.96. The number of nitrogens with zero attached hydrogens (tertiary/aromatic N) is 1. The van der Waals surface area contributed by atoms with Crippen LogP contribution in [0, 0.1) is 0 Å². The van der Waals surface area contributed by atoms with Gasteiger partial charge in [0.05, 0.1) is 17.5 Å². The van der Waals surface area contributed by atoms with E-state index in [1.165, 1.54) is 10.5 Å². The maximum atomic E-state index is 12.8. The molecule has 0 radical (unpaired) electrons. The highest BCUT2D eigenvalue weighted by Crippen LogP contribution is 2.30. The number of unbranched alkanes of at least 4 members (excludes halogenated alkanes) is 2. The molecule has 0 bridgehead atoms. The summed E-state index contributed by atoms with van der Waals surface area (Å²) in [6.07, 6.45) is 3.68. The largest absolute Gasteiger partial charge is 0.483 e. The quantitative estimate of drug-likeness (QED) is 0.372. The van der Waals surface area contributed by atoms with Crippen LogP contribution in [-0.4, -0.2) is 55.0 Å². The van der Waals surface area contributed by atoms with Crippen LogP contribution < -0.4 is 10.1 Å². The molecule has 1 heterocycles. The highest BCUT2D eigenvalue weighted by Gasteiger charge is 2.35. The zero-order chi connectivity index (χ0) is 22.8. The molecule has 7 nitrogen and oxygen atoms in total. The van der Waals surface area contributed by atoms with Gasteiger partial charge in [-0.15, -0.1) is 0 Å². The Labute approximate surface area is 193 Å². The fraction of sp³-hybridized carbons (Fsp3) is 0.609. The third kappa shape index (κ3) is 7.52. The Bertz CT molecular complexity index is 770. The summed E-state index contributed by atoms with van der Waals surface area (Å²) in [7, 11) is 0. The van der Waals surface area contributed by atoms with Gasteiger partial charge in [0.1, 0.15) is 11.8 Å². The number of carbonyl (C=O) groups is 3. The zero-order valence-electron chi connectivity index (χ0n) is 18.6. The molecule has 172 valence electrons. The Morgan fingerprint density at radius 2 is 2.06 bits per heavy atom. The second-order valence-electron chi connectivity index (χ2n) is 7.81. The molecule has 0 spiro atoms. The number of halogens is 1. The normalized spacial score (nSPS) is 17.1. The van der Waals surface area contributed by atoms with E-state index in [1.807, 2.05) is 18.2 Å². The number of amides is 2. The minimum absolute atomic E-state index is 0.156. The molecule has 1 fully saturated rings. The van der Waals surface area contributed by atoms with Crippen molar-refractivity contribution >= 4 is 33.7 Å². The smallest absolute Gasteiger partial charge is 0.308 e. The van der Waals surface area contributed by atoms with Gasteiger partial charge >= 0.3 is 5.97 Å². The van der Waals surface area contributed by atoms with Crippen LogP contribution in [0.1, 0.15) is 64.4 Å². The molecule has 1 N–H and O–H groups in total. The van der Waals surface area contributed by atoms with Gasteiger partial charge in [-0.2, -0.15) is 0 Å². The molecule has 31 heavy (non-hydrogen) atoms. The van der Waals surface area contributed by atoms with Crippen molar-refractivity contribution in [1.82, 2.24) is 10.2 Å². The number of esters is 1. The second-order valence-corrected chi connectivity index (χ2v) is 8.67. The first-order valence-electron chi connectivity index (χ1n) is 11.0. The maximum absolute atomic E-state index is 12.8. The Morgan fingerprint density at radius 3 is 2.74 bits per heavy atom. The van der Waals surface area contributed by atoms with E-state index in [4.69, 9.17) is 9.47 Å². The maximum Gasteiger partial charge on any atom is 0.308 e. The van der Waals surface area contributed by atoms with Crippen molar-refractivity contribution in [2.75, 3.05) is 26.3 Å². The molecule has 0 saturated carbocycles. The van der Waals surface area contributed by atoms with Crippen molar-refractivity contribution in [2.45, 2.75) is 64.8 Å². The van der Waals surface area contributed by atoms with Crippen molar-refractivity contribution < 1.29 is 23.9 Å². The summed E-state index contributed by atoms with van der Waals surface area (Å²) in [4.78, 5) is 38.7. The first-order valence-corrected chi connectivity index (χ1v) is 11.8. The molecule has 1 aromatic rings. The first kappa shape index (κ1) is 25.2. The lowest BCUT2D eigenvalue weighted by Gasteiger charge is -2.34. The Balaban J connectivity index is 1.95. The molecule has 1 aliphatic rings. The minimum Gasteiger partial charge on any atom is -0.483 e. The van der Waals surface area contributed by atoms with Crippen LogP contribution in [-0.2, 0) is 19.1 Å². The molecule has 1 aromatic carbocycles. The van der Waals surface area contributed by atoms with E-state index in [0.717, 1.165) is 30.2 Å². The number of rotatable bonds is 11. The number of piperazine rings is 1. The third-order valence-electron chi connectivity index (χ3n) is 5.51. The lowest BCUT2D eigenvalue weighted by Crippen LogP contribution is -2.58. The molecule has 2 rings (SSSR count). The van der Waals surface area contributed by atoms with Crippen LogP contribution in [0.4, 0.5) is 0 Å². The van der Waals surface area contributed by atoms with Crippen molar-refractivity contribution in [3.8, 4) is 5.75 Å². The Hall–Kier alpha value is -2.09. The number of hydrogen-bond donors (Lipinski definition) is 1. The first-order chi connectivity index (χ1) is 14.9. The minimum atomic E-state index is -0.875. The summed E-state index contributed by atoms with van der Waals surface area (Å²) in [6.45, 7) is 7.15. The number of nitrogens with one attached hydrogen (secondary N) is 1. The Morgan fingerprint density at radius 1 is 1.29 bits per heavy atom. The van der Waals surface area contributed by atoms with Crippen LogP contribution >= 0.6 is 15.9 Å². The molecular formula is C23H33BrN2O5. The van der Waals surface area contributed by atoms with E-state index in [1.54, 1.807) is 0 Å². The lowest BCUT2D eigenvalue weighted by atomic mass is 9.99. The molecule has 1 aliphatic heterocycles. The summed E-state index contributed by atoms with van der Waals surface area (Å²) >= 11 is 3.50. The fourth-order valence-corrected chi connectivity index (χ4v) is 3.88. The summed E-state index contributed by atoms with van der Waals surface area (Å²) < 4.78 is 11.7. The van der Waals surface area contributed by atoms with E-state index >= 15 is 0 Å². The lowest BCUT2D eigenvalue weighted by molar-refractivity contribution is -0.152. The number of hydrogen-bond acceptors (Lipinski definition) is 5. The van der Waals surface area contributed by atoms with E-state index in [2.05, 4.69) is 42.0 Å². The molecule has 8 heteroatoms. The van der Waals surface area contributed by atoms with Gasteiger partial charge < -0.3 is 19.7 Å². The van der Waals surface area contributed by atoms with E-state index < -0.39 is 12.0 Å². The topological polar surface area (TPSA) is 84.9 Å². The predicted molar refractivity (Wildman–Crippen MR) is 122 cm³/mol. The van der Waals surface area contributed by atoms with E-state index in [0.29, 0.717) is 31.4 Å². The van der Waals surface area contributed by atoms with Gasteiger partial charge in [0.25, 0.3) is 5.91 Å². The van der Waals surface area contributed by atoms with Gasteiger partial charge in [-0.05, 0) is 52.4 Å². The van der Waals surface area contributed by atoms with Crippen molar-refractivity contribution in [1.29, 1.82) is 0 Å². The standard InChI is InChI=1S/C23H33BrN2O5/c1-4-6-7-12-30-22(28)14-19-23(29)25-10-11-26(19)21(27)15-31-20-9-8-17(13-18(20)24)16(3)5-2/h8-9,13,16,19H,4-7,10-12,14-15H2,1-3H3,(H,25,29).